The number of hydrogen-bond donors (Lipinski definition) is 1. The highest BCUT2D eigenvalue weighted by molar-refractivity contribution is 5.23. The molecule has 0 saturated heterocycles. The van der Waals surface area contributed by atoms with Crippen LogP contribution in [-0.4, -0.2) is 10.7 Å². The summed E-state index contributed by atoms with van der Waals surface area (Å²) in [6.07, 6.45) is 17.2. The van der Waals surface area contributed by atoms with E-state index in [1.54, 1.807) is 0 Å². The molecule has 0 aromatic rings. The van der Waals surface area contributed by atoms with Gasteiger partial charge < -0.3 is 5.11 Å². The molecule has 0 aromatic carbocycles. The van der Waals surface area contributed by atoms with Crippen molar-refractivity contribution in [2.75, 3.05) is 0 Å². The fourth-order valence-electron chi connectivity index (χ4n) is 8.45. The normalized spacial score (nSPS) is 55.8. The Morgan fingerprint density at radius 3 is 2.29 bits per heavy atom. The minimum atomic E-state index is -0.855. The van der Waals surface area contributed by atoms with Crippen molar-refractivity contribution in [1.29, 1.82) is 0 Å². The van der Waals surface area contributed by atoms with Gasteiger partial charge in [-0.15, -0.1) is 6.42 Å². The Bertz CT molecular complexity index is 571. The summed E-state index contributed by atoms with van der Waals surface area (Å²) in [5.41, 5.74) is 0.124. The van der Waals surface area contributed by atoms with E-state index < -0.39 is 5.60 Å². The Labute approximate surface area is 149 Å². The molecule has 4 aliphatic carbocycles. The summed E-state index contributed by atoms with van der Waals surface area (Å²) in [7, 11) is 0. The van der Waals surface area contributed by atoms with Crippen LogP contribution in [0.3, 0.4) is 0 Å². The molecule has 24 heavy (non-hydrogen) atoms. The van der Waals surface area contributed by atoms with Crippen LogP contribution < -0.4 is 0 Å². The first-order valence-electron chi connectivity index (χ1n) is 10.4. The van der Waals surface area contributed by atoms with Gasteiger partial charge in [0.05, 0.1) is 0 Å². The molecule has 4 aliphatic rings. The topological polar surface area (TPSA) is 20.2 Å². The first-order chi connectivity index (χ1) is 11.2. The second kappa shape index (κ2) is 5.03. The Morgan fingerprint density at radius 1 is 0.875 bits per heavy atom. The minimum absolute atomic E-state index is 0.0453. The van der Waals surface area contributed by atoms with E-state index in [4.69, 9.17) is 6.42 Å². The summed E-state index contributed by atoms with van der Waals surface area (Å²) in [6, 6.07) is 0. The Balaban J connectivity index is 1.68. The van der Waals surface area contributed by atoms with E-state index in [0.29, 0.717) is 16.7 Å². The highest BCUT2D eigenvalue weighted by Crippen LogP contribution is 2.70. The van der Waals surface area contributed by atoms with Gasteiger partial charge in [0.1, 0.15) is 5.60 Å². The largest absolute Gasteiger partial charge is 0.377 e. The van der Waals surface area contributed by atoms with Crippen LogP contribution in [0.2, 0.25) is 0 Å². The molecule has 0 radical (unpaired) electrons. The van der Waals surface area contributed by atoms with E-state index in [1.165, 1.54) is 38.5 Å². The summed E-state index contributed by atoms with van der Waals surface area (Å²) in [6.45, 7) is 9.98. The van der Waals surface area contributed by atoms with Crippen molar-refractivity contribution in [3.05, 3.63) is 0 Å². The summed E-state index contributed by atoms with van der Waals surface area (Å²) in [5.74, 6) is 5.98. The highest BCUT2D eigenvalue weighted by Gasteiger charge is 2.65. The van der Waals surface area contributed by atoms with Gasteiger partial charge in [-0.1, -0.05) is 40.0 Å². The van der Waals surface area contributed by atoms with Crippen molar-refractivity contribution < 1.29 is 5.11 Å². The second-order valence-corrected chi connectivity index (χ2v) is 10.9. The molecular weight excluding hydrogens is 292 g/mol. The maximum absolute atomic E-state index is 11.1. The highest BCUT2D eigenvalue weighted by atomic mass is 16.3. The number of rotatable bonds is 0. The summed E-state index contributed by atoms with van der Waals surface area (Å²) in [4.78, 5) is 0. The van der Waals surface area contributed by atoms with Crippen molar-refractivity contribution in [2.24, 2.45) is 39.9 Å². The third-order valence-electron chi connectivity index (χ3n) is 9.74. The zero-order valence-electron chi connectivity index (χ0n) is 16.2. The SMILES string of the molecule is C#C[C@]1(O)CC[C@H]2[C@@H]3CC[C@@H]4C(C)(C)CCC[C@]4(C)[C@H]3CC[C@@]21C. The summed E-state index contributed by atoms with van der Waals surface area (Å²) in [5, 5.41) is 11.1. The van der Waals surface area contributed by atoms with Crippen LogP contribution in [0.5, 0.6) is 0 Å². The van der Waals surface area contributed by atoms with Crippen molar-refractivity contribution in [3.63, 3.8) is 0 Å². The molecule has 0 amide bonds. The quantitative estimate of drug-likeness (QED) is 0.589. The molecule has 4 rings (SSSR count). The zero-order chi connectivity index (χ0) is 17.4. The van der Waals surface area contributed by atoms with E-state index in [1.807, 2.05) is 0 Å². The van der Waals surface area contributed by atoms with Gasteiger partial charge in [0.15, 0.2) is 0 Å². The molecular formula is C23H36O. The van der Waals surface area contributed by atoms with Gasteiger partial charge >= 0.3 is 0 Å². The van der Waals surface area contributed by atoms with E-state index in [0.717, 1.165) is 37.0 Å². The Kier molecular flexibility index (Phi) is 3.56. The average molecular weight is 329 g/mol. The van der Waals surface area contributed by atoms with Crippen LogP contribution in [0.25, 0.3) is 0 Å². The molecule has 1 nitrogen and oxygen atoms in total. The van der Waals surface area contributed by atoms with Crippen LogP contribution in [0.15, 0.2) is 0 Å². The number of hydrogen-bond acceptors (Lipinski definition) is 1. The molecule has 0 spiro atoms. The minimum Gasteiger partial charge on any atom is -0.377 e. The second-order valence-electron chi connectivity index (χ2n) is 10.9. The summed E-state index contributed by atoms with van der Waals surface area (Å²) < 4.78 is 0. The third kappa shape index (κ3) is 1.93. The van der Waals surface area contributed by atoms with E-state index in [2.05, 4.69) is 33.6 Å². The lowest BCUT2D eigenvalue weighted by Gasteiger charge is -2.64. The molecule has 1 heteroatoms. The van der Waals surface area contributed by atoms with Gasteiger partial charge in [-0.2, -0.15) is 0 Å². The van der Waals surface area contributed by atoms with Gasteiger partial charge in [-0.25, -0.2) is 0 Å². The molecule has 0 unspecified atom stereocenters. The lowest BCUT2D eigenvalue weighted by Crippen LogP contribution is -2.58. The van der Waals surface area contributed by atoms with E-state index >= 15 is 0 Å². The number of fused-ring (bicyclic) bond motifs is 5. The third-order valence-corrected chi connectivity index (χ3v) is 9.74. The van der Waals surface area contributed by atoms with Crippen molar-refractivity contribution >= 4 is 0 Å². The standard InChI is InChI=1S/C23H36O/c1-6-23(24)15-11-18-16-8-9-19-20(2,3)12-7-13-21(19,4)17(16)10-14-22(18,23)5/h1,16-19,24H,7-15H2,2-5H3/t16-,17+,18+,19-,21-,22+,23+/m1/s1. The van der Waals surface area contributed by atoms with Gasteiger partial charge in [-0.05, 0) is 85.9 Å². The van der Waals surface area contributed by atoms with Crippen LogP contribution in [0.4, 0.5) is 0 Å². The molecule has 0 heterocycles. The molecule has 0 bridgehead atoms. The van der Waals surface area contributed by atoms with Crippen LogP contribution >= 0.6 is 0 Å². The maximum Gasteiger partial charge on any atom is 0.130 e. The smallest absolute Gasteiger partial charge is 0.130 e. The molecule has 4 saturated carbocycles. The average Bonchev–Trinajstić information content (AvgIpc) is 2.79. The zero-order valence-corrected chi connectivity index (χ0v) is 16.2. The maximum atomic E-state index is 11.1. The predicted molar refractivity (Wildman–Crippen MR) is 99.3 cm³/mol. The van der Waals surface area contributed by atoms with Crippen LogP contribution in [-0.2, 0) is 0 Å². The number of aliphatic hydroxyl groups is 1. The predicted octanol–water partition coefficient (Wildman–Crippen LogP) is 5.42. The van der Waals surface area contributed by atoms with Crippen molar-refractivity contribution in [2.45, 2.75) is 91.1 Å². The Morgan fingerprint density at radius 2 is 1.58 bits per heavy atom. The Hall–Kier alpha value is -0.480. The van der Waals surface area contributed by atoms with Gasteiger partial charge in [0.2, 0.25) is 0 Å². The first kappa shape index (κ1) is 17.0. The lowest BCUT2D eigenvalue weighted by atomic mass is 9.41. The molecule has 0 aliphatic heterocycles. The molecule has 7 atom stereocenters. The van der Waals surface area contributed by atoms with E-state index in [9.17, 15) is 5.11 Å². The number of terminal acetylenes is 1. The molecule has 4 fully saturated rings. The van der Waals surface area contributed by atoms with Gasteiger partial charge in [0, 0.05) is 5.41 Å². The van der Waals surface area contributed by atoms with Crippen molar-refractivity contribution in [1.82, 2.24) is 0 Å². The fraction of sp³-hybridized carbons (Fsp3) is 0.913. The van der Waals surface area contributed by atoms with Gasteiger partial charge in [-0.3, -0.25) is 0 Å². The van der Waals surface area contributed by atoms with Crippen molar-refractivity contribution in [3.8, 4) is 12.3 Å². The molecule has 134 valence electrons. The summed E-state index contributed by atoms with van der Waals surface area (Å²) >= 11 is 0. The van der Waals surface area contributed by atoms with Crippen LogP contribution in [0, 0.1) is 52.3 Å². The monoisotopic (exact) mass is 328 g/mol. The van der Waals surface area contributed by atoms with E-state index in [-0.39, 0.29) is 5.41 Å². The first-order valence-corrected chi connectivity index (χ1v) is 10.4. The fourth-order valence-corrected chi connectivity index (χ4v) is 8.45. The van der Waals surface area contributed by atoms with Gasteiger partial charge in [0.25, 0.3) is 0 Å². The molecule has 0 aromatic heterocycles. The van der Waals surface area contributed by atoms with Crippen LogP contribution in [0.1, 0.15) is 85.5 Å². The lowest BCUT2D eigenvalue weighted by molar-refractivity contribution is -0.159. The molecule has 1 N–H and O–H groups in total.